The molecule has 0 fully saturated rings. The molecule has 2 aromatic rings. The number of hydrogen-bond donors (Lipinski definition) is 1. The highest BCUT2D eigenvalue weighted by atomic mass is 32.1. The van der Waals surface area contributed by atoms with Crippen molar-refractivity contribution >= 4 is 11.3 Å². The van der Waals surface area contributed by atoms with Gasteiger partial charge >= 0.3 is 0 Å². The van der Waals surface area contributed by atoms with E-state index in [0.717, 1.165) is 6.54 Å². The monoisotopic (exact) mass is 272 g/mol. The molecule has 0 amide bonds. The van der Waals surface area contributed by atoms with Gasteiger partial charge in [-0.2, -0.15) is 0 Å². The Morgan fingerprint density at radius 3 is 2.84 bits per heavy atom. The Hall–Kier alpha value is -1.19. The average molecular weight is 272 g/mol. The highest BCUT2D eigenvalue weighted by Crippen LogP contribution is 2.32. The lowest BCUT2D eigenvalue weighted by atomic mass is 9.99. The van der Waals surface area contributed by atoms with Gasteiger partial charge in [0.25, 0.3) is 0 Å². The van der Waals surface area contributed by atoms with Gasteiger partial charge in [-0.3, -0.25) is 4.98 Å². The van der Waals surface area contributed by atoms with Crippen molar-refractivity contribution in [1.29, 1.82) is 0 Å². The van der Waals surface area contributed by atoms with Gasteiger partial charge < -0.3 is 5.32 Å². The van der Waals surface area contributed by atoms with Gasteiger partial charge in [-0.15, -0.1) is 11.3 Å². The molecule has 1 aliphatic rings. The predicted octanol–water partition coefficient (Wildman–Crippen LogP) is 3.87. The summed E-state index contributed by atoms with van der Waals surface area (Å²) >= 11 is 2.00. The molecule has 3 heteroatoms. The summed E-state index contributed by atoms with van der Waals surface area (Å²) in [5.41, 5.74) is 2.90. The summed E-state index contributed by atoms with van der Waals surface area (Å²) in [6.45, 7) is 3.17. The molecule has 1 unspecified atom stereocenters. The second-order valence-corrected chi connectivity index (χ2v) is 6.43. The molecule has 0 saturated carbocycles. The van der Waals surface area contributed by atoms with Gasteiger partial charge in [-0.1, -0.05) is 0 Å². The Bertz CT molecular complexity index is 509. The zero-order valence-corrected chi connectivity index (χ0v) is 12.2. The number of rotatable bonds is 4. The number of fused-ring (bicyclic) bond motifs is 1. The van der Waals surface area contributed by atoms with E-state index in [4.69, 9.17) is 0 Å². The first-order valence-electron chi connectivity index (χ1n) is 7.06. The number of hydrogen-bond acceptors (Lipinski definition) is 3. The second kappa shape index (κ2) is 5.85. The summed E-state index contributed by atoms with van der Waals surface area (Å²) in [5, 5.41) is 3.61. The number of nitrogens with one attached hydrogen (secondary N) is 1. The molecule has 2 aromatic heterocycles. The zero-order valence-electron chi connectivity index (χ0n) is 11.4. The van der Waals surface area contributed by atoms with Crippen LogP contribution in [0.3, 0.4) is 0 Å². The smallest absolute Gasteiger partial charge is 0.0389 e. The minimum absolute atomic E-state index is 0.434. The van der Waals surface area contributed by atoms with Gasteiger partial charge in [-0.25, -0.2) is 0 Å². The van der Waals surface area contributed by atoms with E-state index >= 15 is 0 Å². The minimum atomic E-state index is 0.434. The van der Waals surface area contributed by atoms with Crippen LogP contribution in [0.4, 0.5) is 0 Å². The summed E-state index contributed by atoms with van der Waals surface area (Å²) in [6.07, 6.45) is 9.00. The molecule has 2 heterocycles. The molecule has 1 N–H and O–H groups in total. The molecule has 0 radical (unpaired) electrons. The number of aromatic nitrogens is 1. The van der Waals surface area contributed by atoms with Crippen LogP contribution in [0.5, 0.6) is 0 Å². The van der Waals surface area contributed by atoms with Crippen LogP contribution < -0.4 is 5.32 Å². The lowest BCUT2D eigenvalue weighted by Gasteiger charge is -2.11. The highest BCUT2D eigenvalue weighted by Gasteiger charge is 2.16. The Morgan fingerprint density at radius 1 is 1.26 bits per heavy atom. The Labute approximate surface area is 118 Å². The van der Waals surface area contributed by atoms with Gasteiger partial charge in [0.1, 0.15) is 0 Å². The van der Waals surface area contributed by atoms with Crippen molar-refractivity contribution in [2.24, 2.45) is 0 Å². The third-order valence-electron chi connectivity index (χ3n) is 3.80. The Morgan fingerprint density at radius 2 is 2.05 bits per heavy atom. The van der Waals surface area contributed by atoms with E-state index in [1.807, 2.05) is 23.7 Å². The van der Waals surface area contributed by atoms with E-state index in [-0.39, 0.29) is 0 Å². The molecule has 3 rings (SSSR count). The van der Waals surface area contributed by atoms with Crippen molar-refractivity contribution in [2.45, 2.75) is 45.2 Å². The maximum Gasteiger partial charge on any atom is 0.0389 e. The first-order valence-corrected chi connectivity index (χ1v) is 7.88. The summed E-state index contributed by atoms with van der Waals surface area (Å²) in [5.74, 6) is 0. The molecule has 0 spiro atoms. The number of nitrogens with zero attached hydrogens (tertiary/aromatic N) is 1. The van der Waals surface area contributed by atoms with E-state index in [2.05, 4.69) is 35.4 Å². The van der Waals surface area contributed by atoms with Crippen LogP contribution in [-0.2, 0) is 19.4 Å². The molecular weight excluding hydrogens is 252 g/mol. The quantitative estimate of drug-likeness (QED) is 0.914. The average Bonchev–Trinajstić information content (AvgIpc) is 2.90. The van der Waals surface area contributed by atoms with Crippen LogP contribution in [0.1, 0.15) is 46.7 Å². The molecule has 2 nitrogen and oxygen atoms in total. The summed E-state index contributed by atoms with van der Waals surface area (Å²) < 4.78 is 0. The lowest BCUT2D eigenvalue weighted by Crippen LogP contribution is -2.17. The first-order chi connectivity index (χ1) is 9.33. The van der Waals surface area contributed by atoms with E-state index in [1.54, 1.807) is 10.4 Å². The van der Waals surface area contributed by atoms with Crippen LogP contribution >= 0.6 is 11.3 Å². The maximum absolute atomic E-state index is 4.05. The van der Waals surface area contributed by atoms with Crippen molar-refractivity contribution in [3.05, 3.63) is 51.5 Å². The van der Waals surface area contributed by atoms with E-state index in [9.17, 15) is 0 Å². The third kappa shape index (κ3) is 3.04. The van der Waals surface area contributed by atoms with Crippen LogP contribution in [0.2, 0.25) is 0 Å². The number of pyridine rings is 1. The largest absolute Gasteiger partial charge is 0.305 e. The molecule has 100 valence electrons. The van der Waals surface area contributed by atoms with E-state index in [1.165, 1.54) is 36.1 Å². The van der Waals surface area contributed by atoms with Crippen LogP contribution in [0.15, 0.2) is 30.6 Å². The van der Waals surface area contributed by atoms with E-state index in [0.29, 0.717) is 6.04 Å². The molecule has 0 aliphatic heterocycles. The predicted molar refractivity (Wildman–Crippen MR) is 80.5 cm³/mol. The summed E-state index contributed by atoms with van der Waals surface area (Å²) in [6, 6.07) is 6.99. The highest BCUT2D eigenvalue weighted by molar-refractivity contribution is 7.12. The summed E-state index contributed by atoms with van der Waals surface area (Å²) in [7, 11) is 0. The van der Waals surface area contributed by atoms with Crippen molar-refractivity contribution in [1.82, 2.24) is 10.3 Å². The van der Waals surface area contributed by atoms with Gasteiger partial charge in [0.2, 0.25) is 0 Å². The fourth-order valence-electron chi connectivity index (χ4n) is 2.60. The van der Waals surface area contributed by atoms with E-state index < -0.39 is 0 Å². The van der Waals surface area contributed by atoms with Gasteiger partial charge in [0.05, 0.1) is 0 Å². The fourth-order valence-corrected chi connectivity index (χ4v) is 3.88. The Balaban J connectivity index is 1.64. The third-order valence-corrected chi connectivity index (χ3v) is 5.22. The topological polar surface area (TPSA) is 24.9 Å². The SMILES string of the molecule is CC(NCc1ccncc1)c1cc2c(s1)CCCC2. The molecule has 0 saturated heterocycles. The fraction of sp³-hybridized carbons (Fsp3) is 0.438. The van der Waals surface area contributed by atoms with Crippen molar-refractivity contribution in [3.63, 3.8) is 0 Å². The number of thiophene rings is 1. The zero-order chi connectivity index (χ0) is 13.1. The van der Waals surface area contributed by atoms with Crippen LogP contribution in [-0.4, -0.2) is 4.98 Å². The number of aryl methyl sites for hydroxylation is 2. The van der Waals surface area contributed by atoms with Crippen molar-refractivity contribution < 1.29 is 0 Å². The van der Waals surface area contributed by atoms with Gasteiger partial charge in [-0.05, 0) is 61.9 Å². The lowest BCUT2D eigenvalue weighted by molar-refractivity contribution is 0.582. The second-order valence-electron chi connectivity index (χ2n) is 5.26. The Kier molecular flexibility index (Phi) is 3.95. The summed E-state index contributed by atoms with van der Waals surface area (Å²) in [4.78, 5) is 7.16. The van der Waals surface area contributed by atoms with Gasteiger partial charge in [0, 0.05) is 34.7 Å². The molecular formula is C16H20N2S. The van der Waals surface area contributed by atoms with Crippen molar-refractivity contribution in [3.8, 4) is 0 Å². The standard InChI is InChI=1S/C16H20N2S/c1-12(18-11-13-6-8-17-9-7-13)16-10-14-4-2-3-5-15(14)19-16/h6-10,12,18H,2-5,11H2,1H3. The van der Waals surface area contributed by atoms with Crippen LogP contribution in [0, 0.1) is 0 Å². The van der Waals surface area contributed by atoms with Crippen LogP contribution in [0.25, 0.3) is 0 Å². The first kappa shape index (κ1) is 12.8. The molecule has 0 aromatic carbocycles. The maximum atomic E-state index is 4.05. The molecule has 19 heavy (non-hydrogen) atoms. The normalized spacial score (nSPS) is 16.1. The minimum Gasteiger partial charge on any atom is -0.305 e. The molecule has 0 bridgehead atoms. The van der Waals surface area contributed by atoms with Gasteiger partial charge in [0.15, 0.2) is 0 Å². The molecule has 1 atom stereocenters. The molecule has 1 aliphatic carbocycles. The van der Waals surface area contributed by atoms with Crippen molar-refractivity contribution in [2.75, 3.05) is 0 Å².